The second kappa shape index (κ2) is 8.69. The van der Waals surface area contributed by atoms with Gasteiger partial charge < -0.3 is 10.6 Å². The van der Waals surface area contributed by atoms with Gasteiger partial charge in [0.1, 0.15) is 0 Å². The number of rotatable bonds is 7. The van der Waals surface area contributed by atoms with Crippen LogP contribution in [-0.2, 0) is 6.42 Å². The van der Waals surface area contributed by atoms with Crippen molar-refractivity contribution in [3.05, 3.63) is 70.8 Å². The van der Waals surface area contributed by atoms with E-state index in [2.05, 4.69) is 29.7 Å². The smallest absolute Gasteiger partial charge is 0.315 e. The molecule has 28 heavy (non-hydrogen) atoms. The van der Waals surface area contributed by atoms with Crippen LogP contribution in [0, 0.1) is 0 Å². The summed E-state index contributed by atoms with van der Waals surface area (Å²) in [7, 11) is 0. The highest BCUT2D eigenvalue weighted by atomic mass is 16.2. The maximum absolute atomic E-state index is 12.3. The zero-order chi connectivity index (χ0) is 20.1. The molecule has 2 aromatic carbocycles. The summed E-state index contributed by atoms with van der Waals surface area (Å²) in [6.07, 6.45) is 1.48. The molecule has 1 atom stereocenters. The first kappa shape index (κ1) is 19.6. The van der Waals surface area contributed by atoms with Crippen molar-refractivity contribution in [2.75, 3.05) is 13.1 Å². The molecule has 1 heterocycles. The third-order valence-corrected chi connectivity index (χ3v) is 4.96. The van der Waals surface area contributed by atoms with Crippen molar-refractivity contribution >= 4 is 17.8 Å². The molecule has 2 N–H and O–H groups in total. The number of aryl methyl sites for hydroxylation is 1. The summed E-state index contributed by atoms with van der Waals surface area (Å²) < 4.78 is 0. The van der Waals surface area contributed by atoms with Crippen LogP contribution in [0.15, 0.2) is 48.5 Å². The van der Waals surface area contributed by atoms with Gasteiger partial charge in [-0.2, -0.15) is 0 Å². The molecule has 0 fully saturated rings. The van der Waals surface area contributed by atoms with Gasteiger partial charge in [-0.1, -0.05) is 43.3 Å². The molecule has 0 aromatic heterocycles. The SMILES string of the molecule is CCc1ccc(C(C)NC(=O)NCCCN2C(=O)c3ccccc3C2=O)cc1. The summed E-state index contributed by atoms with van der Waals surface area (Å²) in [5.41, 5.74) is 3.19. The molecule has 1 unspecified atom stereocenters. The Kier molecular flexibility index (Phi) is 6.09. The first-order valence-corrected chi connectivity index (χ1v) is 9.59. The van der Waals surface area contributed by atoms with Gasteiger partial charge in [0.25, 0.3) is 11.8 Å². The minimum Gasteiger partial charge on any atom is -0.338 e. The second-order valence-corrected chi connectivity index (χ2v) is 6.88. The molecule has 0 spiro atoms. The molecule has 6 nitrogen and oxygen atoms in total. The quantitative estimate of drug-likeness (QED) is 0.572. The number of carbonyl (C=O) groups is 3. The lowest BCUT2D eigenvalue weighted by atomic mass is 10.1. The first-order valence-electron chi connectivity index (χ1n) is 9.59. The Balaban J connectivity index is 1.42. The minimum absolute atomic E-state index is 0.109. The highest BCUT2D eigenvalue weighted by Gasteiger charge is 2.34. The Morgan fingerprint density at radius 3 is 2.18 bits per heavy atom. The van der Waals surface area contributed by atoms with Crippen LogP contribution in [0.2, 0.25) is 0 Å². The Morgan fingerprint density at radius 2 is 1.61 bits per heavy atom. The molecule has 146 valence electrons. The molecule has 0 saturated carbocycles. The average Bonchev–Trinajstić information content (AvgIpc) is 2.96. The van der Waals surface area contributed by atoms with Gasteiger partial charge in [0.05, 0.1) is 17.2 Å². The predicted molar refractivity (Wildman–Crippen MR) is 107 cm³/mol. The fraction of sp³-hybridized carbons (Fsp3) is 0.318. The standard InChI is InChI=1S/C22H25N3O3/c1-3-16-9-11-17(12-10-16)15(2)24-22(28)23-13-6-14-25-20(26)18-7-4-5-8-19(18)21(25)27/h4-5,7-12,15H,3,6,13-14H2,1-2H3,(H2,23,24,28). The zero-order valence-electron chi connectivity index (χ0n) is 16.2. The number of urea groups is 1. The van der Waals surface area contributed by atoms with E-state index in [1.165, 1.54) is 10.5 Å². The number of benzene rings is 2. The Bertz CT molecular complexity index is 842. The van der Waals surface area contributed by atoms with Gasteiger partial charge in [0.2, 0.25) is 0 Å². The van der Waals surface area contributed by atoms with Crippen molar-refractivity contribution < 1.29 is 14.4 Å². The van der Waals surface area contributed by atoms with Gasteiger partial charge in [-0.15, -0.1) is 0 Å². The molecule has 3 rings (SSSR count). The molecule has 1 aliphatic rings. The van der Waals surface area contributed by atoms with Crippen molar-refractivity contribution in [1.82, 2.24) is 15.5 Å². The second-order valence-electron chi connectivity index (χ2n) is 6.88. The topological polar surface area (TPSA) is 78.5 Å². The number of imide groups is 1. The molecule has 0 radical (unpaired) electrons. The number of carbonyl (C=O) groups excluding carboxylic acids is 3. The Morgan fingerprint density at radius 1 is 1.00 bits per heavy atom. The van der Waals surface area contributed by atoms with Gasteiger partial charge in [-0.3, -0.25) is 14.5 Å². The number of hydrogen-bond donors (Lipinski definition) is 2. The minimum atomic E-state index is -0.269. The predicted octanol–water partition coefficient (Wildman–Crippen LogP) is 3.30. The monoisotopic (exact) mass is 379 g/mol. The van der Waals surface area contributed by atoms with Crippen LogP contribution in [0.3, 0.4) is 0 Å². The fourth-order valence-electron chi connectivity index (χ4n) is 3.25. The van der Waals surface area contributed by atoms with E-state index in [9.17, 15) is 14.4 Å². The lowest BCUT2D eigenvalue weighted by molar-refractivity contribution is 0.0653. The van der Waals surface area contributed by atoms with E-state index in [-0.39, 0.29) is 30.4 Å². The molecule has 1 aliphatic heterocycles. The van der Waals surface area contributed by atoms with Crippen LogP contribution < -0.4 is 10.6 Å². The molecule has 6 heteroatoms. The first-order chi connectivity index (χ1) is 13.5. The summed E-state index contributed by atoms with van der Waals surface area (Å²) in [5.74, 6) is -0.539. The molecule has 0 aliphatic carbocycles. The number of fused-ring (bicyclic) bond motifs is 1. The molecule has 2 aromatic rings. The molecule has 0 bridgehead atoms. The van der Waals surface area contributed by atoms with Crippen molar-refractivity contribution in [3.63, 3.8) is 0 Å². The third-order valence-electron chi connectivity index (χ3n) is 4.96. The van der Waals surface area contributed by atoms with E-state index in [1.807, 2.05) is 19.1 Å². The highest BCUT2D eigenvalue weighted by molar-refractivity contribution is 6.21. The average molecular weight is 379 g/mol. The van der Waals surface area contributed by atoms with Gasteiger partial charge in [-0.25, -0.2) is 4.79 Å². The van der Waals surface area contributed by atoms with E-state index in [4.69, 9.17) is 0 Å². The maximum atomic E-state index is 12.3. The lowest BCUT2D eigenvalue weighted by Gasteiger charge is -2.17. The molecule has 4 amide bonds. The molecule has 0 saturated heterocycles. The van der Waals surface area contributed by atoms with Crippen molar-refractivity contribution in [2.24, 2.45) is 0 Å². The van der Waals surface area contributed by atoms with E-state index in [0.717, 1.165) is 12.0 Å². The van der Waals surface area contributed by atoms with Gasteiger partial charge in [-0.05, 0) is 43.0 Å². The number of amides is 4. The van der Waals surface area contributed by atoms with Gasteiger partial charge >= 0.3 is 6.03 Å². The van der Waals surface area contributed by atoms with Crippen LogP contribution >= 0.6 is 0 Å². The van der Waals surface area contributed by atoms with Crippen LogP contribution in [0.5, 0.6) is 0 Å². The third kappa shape index (κ3) is 4.22. The van der Waals surface area contributed by atoms with Crippen molar-refractivity contribution in [2.45, 2.75) is 32.7 Å². The Labute approximate surface area is 164 Å². The van der Waals surface area contributed by atoms with Crippen LogP contribution in [-0.4, -0.2) is 35.8 Å². The van der Waals surface area contributed by atoms with Crippen LogP contribution in [0.25, 0.3) is 0 Å². The largest absolute Gasteiger partial charge is 0.338 e. The highest BCUT2D eigenvalue weighted by Crippen LogP contribution is 2.22. The van der Waals surface area contributed by atoms with Gasteiger partial charge in [0.15, 0.2) is 0 Å². The summed E-state index contributed by atoms with van der Waals surface area (Å²) >= 11 is 0. The summed E-state index contributed by atoms with van der Waals surface area (Å²) in [5, 5.41) is 5.68. The van der Waals surface area contributed by atoms with E-state index in [0.29, 0.717) is 24.1 Å². The Hall–Kier alpha value is -3.15. The lowest BCUT2D eigenvalue weighted by Crippen LogP contribution is -2.39. The van der Waals surface area contributed by atoms with Crippen LogP contribution in [0.4, 0.5) is 4.79 Å². The normalized spacial score (nSPS) is 14.0. The maximum Gasteiger partial charge on any atom is 0.315 e. The van der Waals surface area contributed by atoms with E-state index >= 15 is 0 Å². The number of hydrogen-bond acceptors (Lipinski definition) is 3. The van der Waals surface area contributed by atoms with Crippen molar-refractivity contribution in [3.8, 4) is 0 Å². The van der Waals surface area contributed by atoms with E-state index in [1.54, 1.807) is 24.3 Å². The van der Waals surface area contributed by atoms with Crippen molar-refractivity contribution in [1.29, 1.82) is 0 Å². The zero-order valence-corrected chi connectivity index (χ0v) is 16.2. The van der Waals surface area contributed by atoms with Crippen LogP contribution in [0.1, 0.15) is 58.2 Å². The summed E-state index contributed by atoms with van der Waals surface area (Å²) in [6.45, 7) is 4.69. The fourth-order valence-corrected chi connectivity index (χ4v) is 3.25. The van der Waals surface area contributed by atoms with Gasteiger partial charge in [0, 0.05) is 13.1 Å². The number of nitrogens with zero attached hydrogens (tertiary/aromatic N) is 1. The summed E-state index contributed by atoms with van der Waals surface area (Å²) in [6, 6.07) is 14.6. The summed E-state index contributed by atoms with van der Waals surface area (Å²) in [4.78, 5) is 37.9. The molecular weight excluding hydrogens is 354 g/mol. The van der Waals surface area contributed by atoms with E-state index < -0.39 is 0 Å². The molecular formula is C22H25N3O3. The number of nitrogens with one attached hydrogen (secondary N) is 2.